The summed E-state index contributed by atoms with van der Waals surface area (Å²) in [5.41, 5.74) is 1.67. The van der Waals surface area contributed by atoms with Crippen molar-refractivity contribution in [2.75, 3.05) is 12.4 Å². The van der Waals surface area contributed by atoms with Gasteiger partial charge in [-0.2, -0.15) is 0 Å². The number of carbonyl (C=O) groups excluding carboxylic acids is 1. The second-order valence-electron chi connectivity index (χ2n) is 4.65. The minimum atomic E-state index is -0.387. The van der Waals surface area contributed by atoms with Crippen LogP contribution in [0.2, 0.25) is 0 Å². The zero-order valence-corrected chi connectivity index (χ0v) is 12.7. The largest absolute Gasteiger partial charge is 0.464 e. The summed E-state index contributed by atoms with van der Waals surface area (Å²) < 4.78 is 4.71. The number of esters is 1. The molecule has 0 aliphatic heterocycles. The van der Waals surface area contributed by atoms with Crippen LogP contribution in [0.15, 0.2) is 30.3 Å². The molecule has 1 aromatic carbocycles. The monoisotopic (exact) mass is 290 g/mol. The lowest BCUT2D eigenvalue weighted by atomic mass is 10.1. The highest BCUT2D eigenvalue weighted by atomic mass is 32.1. The minimum Gasteiger partial charge on any atom is -0.464 e. The fourth-order valence-electron chi connectivity index (χ4n) is 1.97. The van der Waals surface area contributed by atoms with Crippen LogP contribution in [-0.2, 0) is 11.2 Å². The molecule has 1 atom stereocenters. The van der Waals surface area contributed by atoms with Gasteiger partial charge in [0.25, 0.3) is 0 Å². The molecule has 1 heterocycles. The molecule has 20 heavy (non-hydrogen) atoms. The second kappa shape index (κ2) is 6.52. The number of ether oxygens (including phenoxy) is 1. The summed E-state index contributed by atoms with van der Waals surface area (Å²) in [4.78, 5) is 16.7. The van der Waals surface area contributed by atoms with Gasteiger partial charge in [0.05, 0.1) is 7.11 Å². The third-order valence-electron chi connectivity index (χ3n) is 2.93. The highest BCUT2D eigenvalue weighted by Crippen LogP contribution is 2.23. The number of thiazole rings is 1. The van der Waals surface area contributed by atoms with Crippen LogP contribution < -0.4 is 5.32 Å². The maximum Gasteiger partial charge on any atom is 0.357 e. The van der Waals surface area contributed by atoms with E-state index in [4.69, 9.17) is 4.74 Å². The number of anilines is 1. The highest BCUT2D eigenvalue weighted by molar-refractivity contribution is 7.15. The summed E-state index contributed by atoms with van der Waals surface area (Å²) in [6.07, 6.45) is 0.910. The van der Waals surface area contributed by atoms with E-state index >= 15 is 0 Å². The van der Waals surface area contributed by atoms with Crippen LogP contribution in [0.3, 0.4) is 0 Å². The van der Waals surface area contributed by atoms with Gasteiger partial charge in [-0.1, -0.05) is 30.3 Å². The fourth-order valence-corrected chi connectivity index (χ4v) is 2.89. The predicted molar refractivity (Wildman–Crippen MR) is 81.4 cm³/mol. The quantitative estimate of drug-likeness (QED) is 0.859. The first kappa shape index (κ1) is 14.5. The van der Waals surface area contributed by atoms with Gasteiger partial charge >= 0.3 is 5.97 Å². The molecule has 0 fully saturated rings. The Labute approximate surface area is 122 Å². The van der Waals surface area contributed by atoms with Gasteiger partial charge in [0.1, 0.15) is 0 Å². The molecule has 0 radical (unpaired) electrons. The van der Waals surface area contributed by atoms with E-state index < -0.39 is 0 Å². The summed E-state index contributed by atoms with van der Waals surface area (Å²) in [7, 11) is 1.37. The van der Waals surface area contributed by atoms with Crippen LogP contribution in [0.1, 0.15) is 27.9 Å². The van der Waals surface area contributed by atoms with Gasteiger partial charge in [-0.05, 0) is 25.8 Å². The fraction of sp³-hybridized carbons (Fsp3) is 0.333. The lowest BCUT2D eigenvalue weighted by Gasteiger charge is -2.12. The number of aryl methyl sites for hydroxylation is 1. The van der Waals surface area contributed by atoms with Crippen molar-refractivity contribution < 1.29 is 9.53 Å². The minimum absolute atomic E-state index is 0.244. The molecule has 1 aromatic heterocycles. The smallest absolute Gasteiger partial charge is 0.357 e. The molecular weight excluding hydrogens is 272 g/mol. The zero-order valence-electron chi connectivity index (χ0n) is 11.8. The van der Waals surface area contributed by atoms with Crippen LogP contribution in [-0.4, -0.2) is 24.1 Å². The van der Waals surface area contributed by atoms with E-state index in [1.54, 1.807) is 0 Å². The van der Waals surface area contributed by atoms with Gasteiger partial charge in [-0.25, -0.2) is 9.78 Å². The van der Waals surface area contributed by atoms with Crippen LogP contribution >= 0.6 is 11.3 Å². The molecule has 1 unspecified atom stereocenters. The average Bonchev–Trinajstić information content (AvgIpc) is 2.79. The van der Waals surface area contributed by atoms with Crippen LogP contribution in [0.5, 0.6) is 0 Å². The number of hydrogen-bond donors (Lipinski definition) is 1. The lowest BCUT2D eigenvalue weighted by molar-refractivity contribution is 0.0594. The molecule has 106 valence electrons. The number of carbonyl (C=O) groups is 1. The molecule has 2 rings (SSSR count). The van der Waals surface area contributed by atoms with Crippen molar-refractivity contribution in [3.63, 3.8) is 0 Å². The molecule has 5 heteroatoms. The Morgan fingerprint density at radius 1 is 1.40 bits per heavy atom. The van der Waals surface area contributed by atoms with Gasteiger partial charge in [-0.3, -0.25) is 0 Å². The van der Waals surface area contributed by atoms with Crippen molar-refractivity contribution in [3.05, 3.63) is 46.5 Å². The van der Waals surface area contributed by atoms with Crippen LogP contribution in [0, 0.1) is 6.92 Å². The van der Waals surface area contributed by atoms with Crippen molar-refractivity contribution in [1.82, 2.24) is 4.98 Å². The number of hydrogen-bond acceptors (Lipinski definition) is 5. The summed E-state index contributed by atoms with van der Waals surface area (Å²) in [6.45, 7) is 3.97. The van der Waals surface area contributed by atoms with Gasteiger partial charge in [0, 0.05) is 10.9 Å². The van der Waals surface area contributed by atoms with E-state index in [-0.39, 0.29) is 12.0 Å². The Bertz CT molecular complexity index is 581. The van der Waals surface area contributed by atoms with Gasteiger partial charge < -0.3 is 10.1 Å². The molecule has 1 N–H and O–H groups in total. The molecule has 0 aliphatic carbocycles. The third-order valence-corrected chi connectivity index (χ3v) is 3.83. The van der Waals surface area contributed by atoms with E-state index in [0.717, 1.165) is 16.4 Å². The van der Waals surface area contributed by atoms with E-state index in [1.165, 1.54) is 24.0 Å². The molecule has 4 nitrogen and oxygen atoms in total. The summed E-state index contributed by atoms with van der Waals surface area (Å²) >= 11 is 1.47. The Morgan fingerprint density at radius 3 is 2.75 bits per heavy atom. The topological polar surface area (TPSA) is 51.2 Å². The highest BCUT2D eigenvalue weighted by Gasteiger charge is 2.16. The molecule has 0 saturated heterocycles. The van der Waals surface area contributed by atoms with Crippen molar-refractivity contribution in [2.24, 2.45) is 0 Å². The molecular formula is C15H18N2O2S. The Hall–Kier alpha value is -1.88. The SMILES string of the molecule is COC(=O)c1nc(NC(C)Cc2ccccc2)sc1C. The second-order valence-corrected chi connectivity index (χ2v) is 5.85. The number of nitrogens with one attached hydrogen (secondary N) is 1. The maximum atomic E-state index is 11.5. The standard InChI is InChI=1S/C15H18N2O2S/c1-10(9-12-7-5-4-6-8-12)16-15-17-13(11(2)20-15)14(18)19-3/h4-8,10H,9H2,1-3H3,(H,16,17). The maximum absolute atomic E-state index is 11.5. The third kappa shape index (κ3) is 3.57. The summed E-state index contributed by atoms with van der Waals surface area (Å²) in [5, 5.41) is 4.09. The van der Waals surface area contributed by atoms with Crippen molar-refractivity contribution in [1.29, 1.82) is 0 Å². The normalized spacial score (nSPS) is 11.9. The van der Waals surface area contributed by atoms with E-state index in [9.17, 15) is 4.79 Å². The molecule has 0 bridgehead atoms. The van der Waals surface area contributed by atoms with Crippen molar-refractivity contribution in [3.8, 4) is 0 Å². The van der Waals surface area contributed by atoms with E-state index in [2.05, 4.69) is 29.4 Å². The van der Waals surface area contributed by atoms with E-state index in [0.29, 0.717) is 5.69 Å². The van der Waals surface area contributed by atoms with Gasteiger partial charge in [0.15, 0.2) is 10.8 Å². The summed E-state index contributed by atoms with van der Waals surface area (Å²) in [5.74, 6) is -0.387. The number of rotatable bonds is 5. The molecule has 2 aromatic rings. The molecule has 0 amide bonds. The molecule has 0 spiro atoms. The average molecular weight is 290 g/mol. The van der Waals surface area contributed by atoms with Gasteiger partial charge in [0.2, 0.25) is 0 Å². The van der Waals surface area contributed by atoms with E-state index in [1.807, 2.05) is 25.1 Å². The summed E-state index contributed by atoms with van der Waals surface area (Å²) in [6, 6.07) is 10.5. The number of methoxy groups -OCH3 is 1. The molecule has 0 saturated carbocycles. The van der Waals surface area contributed by atoms with Crippen LogP contribution in [0.25, 0.3) is 0 Å². The first-order valence-electron chi connectivity index (χ1n) is 6.46. The molecule has 0 aliphatic rings. The Kier molecular flexibility index (Phi) is 4.74. The Balaban J connectivity index is 2.01. The number of aromatic nitrogens is 1. The number of benzene rings is 1. The van der Waals surface area contributed by atoms with Crippen molar-refractivity contribution in [2.45, 2.75) is 26.3 Å². The van der Waals surface area contributed by atoms with Gasteiger partial charge in [-0.15, -0.1) is 11.3 Å². The van der Waals surface area contributed by atoms with Crippen molar-refractivity contribution >= 4 is 22.4 Å². The first-order valence-corrected chi connectivity index (χ1v) is 7.28. The predicted octanol–water partition coefficient (Wildman–Crippen LogP) is 3.28. The zero-order chi connectivity index (χ0) is 14.5. The Morgan fingerprint density at radius 2 is 2.10 bits per heavy atom. The lowest BCUT2D eigenvalue weighted by Crippen LogP contribution is -2.18. The first-order chi connectivity index (χ1) is 9.60. The number of nitrogens with zero attached hydrogens (tertiary/aromatic N) is 1. The van der Waals surface area contributed by atoms with Crippen LogP contribution in [0.4, 0.5) is 5.13 Å².